The lowest BCUT2D eigenvalue weighted by atomic mass is 10.1. The van der Waals surface area contributed by atoms with Gasteiger partial charge in [0.2, 0.25) is 0 Å². The highest BCUT2D eigenvalue weighted by Gasteiger charge is 2.20. The topological polar surface area (TPSA) is 46.1 Å². The molecule has 0 fully saturated rings. The van der Waals surface area contributed by atoms with Crippen molar-refractivity contribution >= 4 is 17.5 Å². The van der Waals surface area contributed by atoms with Crippen LogP contribution in [0.1, 0.15) is 56.3 Å². The van der Waals surface area contributed by atoms with Gasteiger partial charge in [-0.05, 0) is 5.92 Å². The number of carbonyl (C=O) groups excluding carboxylic acids is 1. The summed E-state index contributed by atoms with van der Waals surface area (Å²) < 4.78 is 0. The Hall–Kier alpha value is -1.16. The third-order valence-corrected chi connectivity index (χ3v) is 3.39. The Labute approximate surface area is 120 Å². The maximum absolute atomic E-state index is 12.3. The van der Waals surface area contributed by atoms with Gasteiger partial charge in [0.25, 0.3) is 5.91 Å². The Bertz CT molecular complexity index is 448. The van der Waals surface area contributed by atoms with E-state index in [1.165, 1.54) is 6.20 Å². The van der Waals surface area contributed by atoms with Gasteiger partial charge in [-0.15, -0.1) is 0 Å². The lowest BCUT2D eigenvalue weighted by Gasteiger charge is -2.21. The van der Waals surface area contributed by atoms with Gasteiger partial charge in [-0.25, -0.2) is 9.97 Å². The highest BCUT2D eigenvalue weighted by molar-refractivity contribution is 6.33. The van der Waals surface area contributed by atoms with Gasteiger partial charge in [0.1, 0.15) is 5.82 Å². The molecule has 1 atom stereocenters. The molecular formula is C14H22ClN3O. The molecule has 1 aromatic rings. The smallest absolute Gasteiger partial charge is 0.273 e. The second-order valence-electron chi connectivity index (χ2n) is 5.28. The summed E-state index contributed by atoms with van der Waals surface area (Å²) in [4.78, 5) is 22.5. The minimum atomic E-state index is -0.144. The van der Waals surface area contributed by atoms with Gasteiger partial charge in [-0.1, -0.05) is 45.7 Å². The Morgan fingerprint density at radius 1 is 1.42 bits per heavy atom. The minimum absolute atomic E-state index is 0.144. The lowest BCUT2D eigenvalue weighted by Crippen LogP contribution is -2.32. The first-order valence-electron chi connectivity index (χ1n) is 6.64. The van der Waals surface area contributed by atoms with Crippen molar-refractivity contribution in [3.63, 3.8) is 0 Å². The predicted molar refractivity (Wildman–Crippen MR) is 77.5 cm³/mol. The quantitative estimate of drug-likeness (QED) is 0.832. The van der Waals surface area contributed by atoms with Crippen LogP contribution in [0, 0.1) is 5.92 Å². The first kappa shape index (κ1) is 15.9. The molecule has 0 aliphatic rings. The van der Waals surface area contributed by atoms with Gasteiger partial charge < -0.3 is 4.90 Å². The third kappa shape index (κ3) is 4.16. The molecule has 1 unspecified atom stereocenters. The molecule has 106 valence electrons. The summed E-state index contributed by atoms with van der Waals surface area (Å²) in [6, 6.07) is 0. The van der Waals surface area contributed by atoms with Crippen molar-refractivity contribution in [1.29, 1.82) is 0 Å². The Morgan fingerprint density at radius 3 is 2.58 bits per heavy atom. The summed E-state index contributed by atoms with van der Waals surface area (Å²) in [5, 5.41) is 0.311. The van der Waals surface area contributed by atoms with E-state index >= 15 is 0 Å². The average molecular weight is 284 g/mol. The van der Waals surface area contributed by atoms with Gasteiger partial charge in [0.15, 0.2) is 5.69 Å². The van der Waals surface area contributed by atoms with Crippen LogP contribution in [0.25, 0.3) is 0 Å². The molecule has 0 bridgehead atoms. The molecule has 1 heterocycles. The molecule has 0 saturated heterocycles. The highest BCUT2D eigenvalue weighted by atomic mass is 35.5. The van der Waals surface area contributed by atoms with Crippen molar-refractivity contribution in [1.82, 2.24) is 14.9 Å². The van der Waals surface area contributed by atoms with Crippen LogP contribution in [0.15, 0.2) is 6.20 Å². The largest absolute Gasteiger partial charge is 0.340 e. The van der Waals surface area contributed by atoms with E-state index in [0.29, 0.717) is 29.0 Å². The van der Waals surface area contributed by atoms with Crippen LogP contribution >= 0.6 is 11.6 Å². The maximum Gasteiger partial charge on any atom is 0.273 e. The number of hydrogen-bond donors (Lipinski definition) is 0. The fourth-order valence-corrected chi connectivity index (χ4v) is 1.84. The van der Waals surface area contributed by atoms with Crippen molar-refractivity contribution in [3.8, 4) is 0 Å². The summed E-state index contributed by atoms with van der Waals surface area (Å²) in [6.45, 7) is 8.90. The van der Waals surface area contributed by atoms with Crippen molar-refractivity contribution in [2.75, 3.05) is 13.6 Å². The Kier molecular flexibility index (Phi) is 5.73. The molecule has 1 amide bonds. The zero-order valence-electron chi connectivity index (χ0n) is 12.3. The molecule has 1 rings (SSSR count). The fourth-order valence-electron chi connectivity index (χ4n) is 1.67. The summed E-state index contributed by atoms with van der Waals surface area (Å²) in [7, 11) is 1.78. The molecule has 0 saturated carbocycles. The van der Waals surface area contributed by atoms with Crippen LogP contribution < -0.4 is 0 Å². The lowest BCUT2D eigenvalue weighted by molar-refractivity contribution is 0.0768. The number of amides is 1. The van der Waals surface area contributed by atoms with Crippen LogP contribution in [0.4, 0.5) is 0 Å². The molecule has 4 nitrogen and oxygen atoms in total. The van der Waals surface area contributed by atoms with E-state index in [-0.39, 0.29) is 11.8 Å². The number of aromatic nitrogens is 2. The van der Waals surface area contributed by atoms with Gasteiger partial charge in [-0.2, -0.15) is 0 Å². The van der Waals surface area contributed by atoms with E-state index in [1.54, 1.807) is 11.9 Å². The first-order chi connectivity index (χ1) is 8.86. The van der Waals surface area contributed by atoms with Gasteiger partial charge in [0, 0.05) is 19.5 Å². The second-order valence-corrected chi connectivity index (χ2v) is 5.69. The van der Waals surface area contributed by atoms with E-state index in [0.717, 1.165) is 6.42 Å². The fraction of sp³-hybridized carbons (Fsp3) is 0.643. The zero-order valence-corrected chi connectivity index (χ0v) is 13.0. The first-order valence-corrected chi connectivity index (χ1v) is 7.02. The monoisotopic (exact) mass is 283 g/mol. The second kappa shape index (κ2) is 6.85. The molecule has 0 radical (unpaired) electrons. The molecule has 19 heavy (non-hydrogen) atoms. The SMILES string of the molecule is CCC(C)CN(C)C(=O)c1nc(C(C)C)ncc1Cl. The number of halogens is 1. The highest BCUT2D eigenvalue weighted by Crippen LogP contribution is 2.18. The van der Waals surface area contributed by atoms with Crippen LogP contribution in [0.3, 0.4) is 0 Å². The van der Waals surface area contributed by atoms with Crippen molar-refractivity contribution in [2.45, 2.75) is 40.0 Å². The van der Waals surface area contributed by atoms with Crippen LogP contribution in [-0.4, -0.2) is 34.4 Å². The summed E-state index contributed by atoms with van der Waals surface area (Å²) >= 11 is 6.04. The average Bonchev–Trinajstić information content (AvgIpc) is 2.37. The Morgan fingerprint density at radius 2 is 2.05 bits per heavy atom. The van der Waals surface area contributed by atoms with Gasteiger partial charge in [0.05, 0.1) is 11.2 Å². The number of carbonyl (C=O) groups is 1. The van der Waals surface area contributed by atoms with E-state index < -0.39 is 0 Å². The maximum atomic E-state index is 12.3. The van der Waals surface area contributed by atoms with Crippen LogP contribution in [0.5, 0.6) is 0 Å². The third-order valence-electron chi connectivity index (χ3n) is 3.11. The zero-order chi connectivity index (χ0) is 14.6. The van der Waals surface area contributed by atoms with Crippen LogP contribution in [0.2, 0.25) is 5.02 Å². The minimum Gasteiger partial charge on any atom is -0.340 e. The molecular weight excluding hydrogens is 262 g/mol. The molecule has 0 spiro atoms. The van der Waals surface area contributed by atoms with E-state index in [1.807, 2.05) is 13.8 Å². The number of rotatable bonds is 5. The van der Waals surface area contributed by atoms with Crippen molar-refractivity contribution in [2.24, 2.45) is 5.92 Å². The standard InChI is InChI=1S/C14H22ClN3O/c1-6-10(4)8-18(5)14(19)12-11(15)7-16-13(17-12)9(2)3/h7,9-10H,6,8H2,1-5H3. The molecule has 5 heteroatoms. The van der Waals surface area contributed by atoms with E-state index in [2.05, 4.69) is 23.8 Å². The normalized spacial score (nSPS) is 12.6. The predicted octanol–water partition coefficient (Wildman–Crippen LogP) is 3.37. The Balaban J connectivity index is 2.95. The van der Waals surface area contributed by atoms with Crippen LogP contribution in [-0.2, 0) is 0 Å². The number of nitrogens with zero attached hydrogens (tertiary/aromatic N) is 3. The summed E-state index contributed by atoms with van der Waals surface area (Å²) in [5.74, 6) is 1.13. The molecule has 1 aromatic heterocycles. The van der Waals surface area contributed by atoms with E-state index in [4.69, 9.17) is 11.6 Å². The van der Waals surface area contributed by atoms with Crippen molar-refractivity contribution in [3.05, 3.63) is 22.7 Å². The van der Waals surface area contributed by atoms with E-state index in [9.17, 15) is 4.79 Å². The number of hydrogen-bond acceptors (Lipinski definition) is 3. The molecule has 0 N–H and O–H groups in total. The summed E-state index contributed by atoms with van der Waals surface area (Å²) in [6.07, 6.45) is 2.54. The van der Waals surface area contributed by atoms with Gasteiger partial charge in [-0.3, -0.25) is 4.79 Å². The molecule has 0 aliphatic heterocycles. The summed E-state index contributed by atoms with van der Waals surface area (Å²) in [5.41, 5.74) is 0.297. The molecule has 0 aliphatic carbocycles. The van der Waals surface area contributed by atoms with Crippen molar-refractivity contribution < 1.29 is 4.79 Å². The molecule has 0 aromatic carbocycles. The van der Waals surface area contributed by atoms with Gasteiger partial charge >= 0.3 is 0 Å².